The number of alkyl halides is 2. The van der Waals surface area contributed by atoms with Crippen molar-refractivity contribution < 1.29 is 24.3 Å². The smallest absolute Gasteiger partial charge is 0.253 e. The summed E-state index contributed by atoms with van der Waals surface area (Å²) in [5.74, 6) is -4.91. The molecule has 2 N–H and O–H groups in total. The van der Waals surface area contributed by atoms with Gasteiger partial charge in [0, 0.05) is 29.7 Å². The van der Waals surface area contributed by atoms with Crippen LogP contribution in [0.5, 0.6) is 5.75 Å². The van der Waals surface area contributed by atoms with Gasteiger partial charge in [-0.15, -0.1) is 23.2 Å². The molecule has 10 heteroatoms. The number of nitrogens with zero attached hydrogens (tertiary/aromatic N) is 2. The van der Waals surface area contributed by atoms with E-state index < -0.39 is 45.2 Å². The number of amides is 4. The van der Waals surface area contributed by atoms with Crippen LogP contribution in [0.4, 0.5) is 17.1 Å². The van der Waals surface area contributed by atoms with Crippen LogP contribution < -0.4 is 10.2 Å². The standard InChI is InChI=1S/C37H29Cl2N3O5/c1-41-34(46)36(38)19-28-26(31(37(36,39)35(41)47)25-17-18-29(43)24-10-6-5-9-23(24)25)15-16-27-30(28)33(45)42(32(27)44)22-13-11-21(12-14-22)40-20-7-3-2-4-8-20/h2-15,17-18,27-28,30-31,40,43H,16,19H2,1H3. The lowest BCUT2D eigenvalue weighted by Crippen LogP contribution is -2.60. The fourth-order valence-electron chi connectivity index (χ4n) is 8.28. The first kappa shape index (κ1) is 29.7. The number of benzene rings is 4. The number of phenols is 1. The molecule has 6 atom stereocenters. The molecular weight excluding hydrogens is 637 g/mol. The normalized spacial score (nSPS) is 29.9. The number of likely N-dealkylation sites (tertiary alicyclic amines) is 1. The predicted molar refractivity (Wildman–Crippen MR) is 180 cm³/mol. The molecule has 2 saturated heterocycles. The van der Waals surface area contributed by atoms with Crippen LogP contribution in [-0.4, -0.2) is 50.4 Å². The fraction of sp³-hybridized carbons (Fsp3) is 0.243. The van der Waals surface area contributed by atoms with E-state index >= 15 is 0 Å². The van der Waals surface area contributed by atoms with E-state index in [1.165, 1.54) is 18.0 Å². The predicted octanol–water partition coefficient (Wildman–Crippen LogP) is 6.48. The highest BCUT2D eigenvalue weighted by atomic mass is 35.5. The summed E-state index contributed by atoms with van der Waals surface area (Å²) in [6.45, 7) is 0. The van der Waals surface area contributed by atoms with Crippen molar-refractivity contribution in [3.8, 4) is 5.75 Å². The van der Waals surface area contributed by atoms with Crippen LogP contribution in [0, 0.1) is 17.8 Å². The third-order valence-corrected chi connectivity index (χ3v) is 11.9. The largest absolute Gasteiger partial charge is 0.507 e. The zero-order valence-corrected chi connectivity index (χ0v) is 26.7. The summed E-state index contributed by atoms with van der Waals surface area (Å²) >= 11 is 14.7. The van der Waals surface area contributed by atoms with Gasteiger partial charge in [0.25, 0.3) is 11.8 Å². The van der Waals surface area contributed by atoms with E-state index in [1.807, 2.05) is 60.7 Å². The lowest BCUT2D eigenvalue weighted by atomic mass is 9.56. The monoisotopic (exact) mass is 665 g/mol. The van der Waals surface area contributed by atoms with Gasteiger partial charge >= 0.3 is 0 Å². The van der Waals surface area contributed by atoms with E-state index in [0.717, 1.165) is 16.3 Å². The zero-order chi connectivity index (χ0) is 32.8. The molecule has 0 bridgehead atoms. The van der Waals surface area contributed by atoms with Gasteiger partial charge in [0.1, 0.15) is 5.75 Å². The van der Waals surface area contributed by atoms with Gasteiger partial charge in [0.15, 0.2) is 9.75 Å². The molecule has 8 rings (SSSR count). The van der Waals surface area contributed by atoms with Gasteiger partial charge < -0.3 is 10.4 Å². The highest BCUT2D eigenvalue weighted by Gasteiger charge is 2.76. The Labute approximate surface area is 280 Å². The number of phenolic OH excluding ortho intramolecular Hbond substituents is 1. The Morgan fingerprint density at radius 1 is 0.766 bits per heavy atom. The molecule has 2 aliphatic heterocycles. The second-order valence-corrected chi connectivity index (χ2v) is 14.0. The number of aromatic hydroxyl groups is 1. The van der Waals surface area contributed by atoms with Crippen molar-refractivity contribution in [2.45, 2.75) is 28.5 Å². The van der Waals surface area contributed by atoms with Crippen molar-refractivity contribution in [2.75, 3.05) is 17.3 Å². The van der Waals surface area contributed by atoms with Crippen molar-refractivity contribution in [2.24, 2.45) is 17.8 Å². The highest BCUT2D eigenvalue weighted by Crippen LogP contribution is 2.66. The van der Waals surface area contributed by atoms with Crippen molar-refractivity contribution in [1.29, 1.82) is 0 Å². The molecule has 3 fully saturated rings. The Kier molecular flexibility index (Phi) is 6.59. The van der Waals surface area contributed by atoms with E-state index in [0.29, 0.717) is 27.6 Å². The molecule has 8 nitrogen and oxygen atoms in total. The fourth-order valence-corrected chi connectivity index (χ4v) is 9.30. The summed E-state index contributed by atoms with van der Waals surface area (Å²) in [5.41, 5.74) is 3.47. The lowest BCUT2D eigenvalue weighted by molar-refractivity contribution is -0.138. The molecule has 47 heavy (non-hydrogen) atoms. The van der Waals surface area contributed by atoms with Crippen molar-refractivity contribution in [3.05, 3.63) is 108 Å². The molecule has 1 saturated carbocycles. The molecule has 236 valence electrons. The van der Waals surface area contributed by atoms with Crippen molar-refractivity contribution in [3.63, 3.8) is 0 Å². The zero-order valence-electron chi connectivity index (χ0n) is 25.2. The Hall–Kier alpha value is -4.66. The maximum absolute atomic E-state index is 14.4. The molecule has 0 radical (unpaired) electrons. The quantitative estimate of drug-likeness (QED) is 0.147. The van der Waals surface area contributed by atoms with E-state index in [2.05, 4.69) is 5.32 Å². The third kappa shape index (κ3) is 4.01. The van der Waals surface area contributed by atoms with Gasteiger partial charge in [-0.05, 0) is 72.2 Å². The molecule has 4 aliphatic rings. The van der Waals surface area contributed by atoms with Crippen LogP contribution in [0.2, 0.25) is 0 Å². The number of allylic oxidation sites excluding steroid dienone is 2. The molecule has 4 aromatic rings. The number of rotatable bonds is 4. The molecule has 4 amide bonds. The maximum Gasteiger partial charge on any atom is 0.253 e. The van der Waals surface area contributed by atoms with Crippen LogP contribution in [0.3, 0.4) is 0 Å². The molecule has 0 aromatic heterocycles. The molecule has 2 heterocycles. The minimum Gasteiger partial charge on any atom is -0.507 e. The molecule has 2 aliphatic carbocycles. The van der Waals surface area contributed by atoms with Crippen LogP contribution in [-0.2, 0) is 19.2 Å². The first-order chi connectivity index (χ1) is 22.6. The average molecular weight is 667 g/mol. The van der Waals surface area contributed by atoms with Crippen molar-refractivity contribution in [1.82, 2.24) is 4.90 Å². The molecular formula is C37H29Cl2N3O5. The second kappa shape index (κ2) is 10.4. The van der Waals surface area contributed by atoms with Gasteiger partial charge in [-0.25, -0.2) is 0 Å². The third-order valence-electron chi connectivity index (χ3n) is 10.4. The summed E-state index contributed by atoms with van der Waals surface area (Å²) in [7, 11) is 1.37. The topological polar surface area (TPSA) is 107 Å². The maximum atomic E-state index is 14.4. The lowest BCUT2D eigenvalue weighted by Gasteiger charge is -2.51. The van der Waals surface area contributed by atoms with E-state index in [1.54, 1.807) is 30.3 Å². The van der Waals surface area contributed by atoms with Crippen LogP contribution in [0.1, 0.15) is 24.3 Å². The summed E-state index contributed by atoms with van der Waals surface area (Å²) < 4.78 is 0. The minimum absolute atomic E-state index is 0.0540. The number of hydrogen-bond acceptors (Lipinski definition) is 6. The van der Waals surface area contributed by atoms with E-state index in [4.69, 9.17) is 23.2 Å². The van der Waals surface area contributed by atoms with Crippen molar-refractivity contribution >= 4 is 74.7 Å². The first-order valence-electron chi connectivity index (χ1n) is 15.5. The summed E-state index contributed by atoms with van der Waals surface area (Å²) in [6.07, 6.45) is 2.09. The van der Waals surface area contributed by atoms with Crippen LogP contribution >= 0.6 is 23.2 Å². The number of carbonyl (C=O) groups excluding carboxylic acids is 4. The summed E-state index contributed by atoms with van der Waals surface area (Å²) in [4.78, 5) is 54.5. The average Bonchev–Trinajstić information content (AvgIpc) is 3.41. The van der Waals surface area contributed by atoms with Gasteiger partial charge in [-0.1, -0.05) is 60.2 Å². The Bertz CT molecular complexity index is 2050. The molecule has 0 spiro atoms. The first-order valence-corrected chi connectivity index (χ1v) is 16.2. The number of imide groups is 2. The minimum atomic E-state index is -1.90. The van der Waals surface area contributed by atoms with Gasteiger partial charge in [-0.2, -0.15) is 0 Å². The number of para-hydroxylation sites is 1. The SMILES string of the molecule is CN1C(=O)C2(Cl)CC3C(=CCC4C(=O)N(c5ccc(Nc6ccccc6)cc5)C(=O)C43)C(c3ccc(O)c4ccccc34)C2(Cl)C1=O. The number of anilines is 3. The number of hydrogen-bond donors (Lipinski definition) is 2. The molecule has 6 unspecified atom stereocenters. The van der Waals surface area contributed by atoms with Crippen LogP contribution in [0.15, 0.2) is 103 Å². The van der Waals surface area contributed by atoms with Crippen LogP contribution in [0.25, 0.3) is 10.8 Å². The number of carbonyl (C=O) groups is 4. The summed E-state index contributed by atoms with van der Waals surface area (Å²) in [5, 5.41) is 15.2. The highest BCUT2D eigenvalue weighted by molar-refractivity contribution is 6.53. The number of nitrogens with one attached hydrogen (secondary N) is 1. The Morgan fingerprint density at radius 3 is 2.15 bits per heavy atom. The number of fused-ring (bicyclic) bond motifs is 5. The molecule has 4 aromatic carbocycles. The van der Waals surface area contributed by atoms with Gasteiger partial charge in [0.05, 0.1) is 17.5 Å². The van der Waals surface area contributed by atoms with E-state index in [9.17, 15) is 24.3 Å². The summed E-state index contributed by atoms with van der Waals surface area (Å²) in [6, 6.07) is 27.2. The number of halogens is 2. The van der Waals surface area contributed by atoms with E-state index in [-0.39, 0.29) is 30.4 Å². The Balaban J connectivity index is 1.22. The Morgan fingerprint density at radius 2 is 1.43 bits per heavy atom. The van der Waals surface area contributed by atoms with Gasteiger partial charge in [-0.3, -0.25) is 29.0 Å². The van der Waals surface area contributed by atoms with Gasteiger partial charge in [0.2, 0.25) is 11.8 Å². The second-order valence-electron chi connectivity index (χ2n) is 12.8.